The summed E-state index contributed by atoms with van der Waals surface area (Å²) in [5, 5.41) is 0. The molecule has 0 saturated heterocycles. The van der Waals surface area contributed by atoms with E-state index in [4.69, 9.17) is 0 Å². The Labute approximate surface area is 73.2 Å². The van der Waals surface area contributed by atoms with Crippen molar-refractivity contribution in [2.75, 3.05) is 0 Å². The normalized spacial score (nSPS) is 15.2. The molecule has 2 rings (SSSR count). The first-order valence-electron chi connectivity index (χ1n) is 4.34. The van der Waals surface area contributed by atoms with E-state index in [-0.39, 0.29) is 0 Å². The third kappa shape index (κ3) is 1.65. The number of hydrogen-bond acceptors (Lipinski definition) is 0. The summed E-state index contributed by atoms with van der Waals surface area (Å²) < 4.78 is 0. The summed E-state index contributed by atoms with van der Waals surface area (Å²) in [7, 11) is 0. The summed E-state index contributed by atoms with van der Waals surface area (Å²) in [5.74, 6) is 0. The Kier molecular flexibility index (Phi) is 2.08. The van der Waals surface area contributed by atoms with E-state index in [0.717, 1.165) is 12.8 Å². The fourth-order valence-corrected chi connectivity index (χ4v) is 1.46. The Morgan fingerprint density at radius 2 is 1.58 bits per heavy atom. The van der Waals surface area contributed by atoms with Gasteiger partial charge in [0.1, 0.15) is 0 Å². The maximum Gasteiger partial charge on any atom is -0.0132 e. The van der Waals surface area contributed by atoms with Crippen LogP contribution in [0, 0.1) is 0 Å². The fourth-order valence-electron chi connectivity index (χ4n) is 1.46. The van der Waals surface area contributed by atoms with Crippen LogP contribution >= 0.6 is 0 Å². The average Bonchev–Trinajstić information content (AvgIpc) is 2.59. The highest BCUT2D eigenvalue weighted by Crippen LogP contribution is 2.19. The molecule has 0 heterocycles. The van der Waals surface area contributed by atoms with E-state index >= 15 is 0 Å². The largest absolute Gasteiger partial charge is 0.0841 e. The molecule has 0 unspecified atom stereocenters. The molecule has 0 nitrogen and oxygen atoms in total. The second-order valence-corrected chi connectivity index (χ2v) is 3.09. The molecule has 0 fully saturated rings. The minimum absolute atomic E-state index is 1.13. The van der Waals surface area contributed by atoms with E-state index in [1.54, 1.807) is 0 Å². The minimum atomic E-state index is 1.13. The van der Waals surface area contributed by atoms with Gasteiger partial charge in [0.05, 0.1) is 0 Å². The van der Waals surface area contributed by atoms with E-state index in [0.29, 0.717) is 0 Å². The molecule has 1 aliphatic carbocycles. The molecule has 12 heavy (non-hydrogen) atoms. The monoisotopic (exact) mass is 156 g/mol. The van der Waals surface area contributed by atoms with Gasteiger partial charge in [0.2, 0.25) is 0 Å². The first-order valence-corrected chi connectivity index (χ1v) is 4.34. The van der Waals surface area contributed by atoms with Gasteiger partial charge in [-0.05, 0) is 18.4 Å². The lowest BCUT2D eigenvalue weighted by atomic mass is 10.1. The van der Waals surface area contributed by atoms with Crippen LogP contribution in [0.3, 0.4) is 0 Å². The zero-order chi connectivity index (χ0) is 8.23. The molecule has 0 amide bonds. The van der Waals surface area contributed by atoms with Crippen molar-refractivity contribution in [2.45, 2.75) is 12.8 Å². The van der Waals surface area contributed by atoms with Gasteiger partial charge in [-0.2, -0.15) is 0 Å². The van der Waals surface area contributed by atoms with Gasteiger partial charge in [-0.1, -0.05) is 54.1 Å². The van der Waals surface area contributed by atoms with E-state index in [1.807, 2.05) is 0 Å². The lowest BCUT2D eigenvalue weighted by molar-refractivity contribution is 1.22. The van der Waals surface area contributed by atoms with Gasteiger partial charge < -0.3 is 0 Å². The summed E-state index contributed by atoms with van der Waals surface area (Å²) in [4.78, 5) is 0. The van der Waals surface area contributed by atoms with Gasteiger partial charge >= 0.3 is 0 Å². The van der Waals surface area contributed by atoms with Crippen LogP contribution in [-0.2, 0) is 0 Å². The summed E-state index contributed by atoms with van der Waals surface area (Å²) >= 11 is 0. The van der Waals surface area contributed by atoms with Crippen LogP contribution in [0.15, 0.2) is 48.1 Å². The number of rotatable bonds is 1. The van der Waals surface area contributed by atoms with Crippen molar-refractivity contribution in [1.82, 2.24) is 0 Å². The summed E-state index contributed by atoms with van der Waals surface area (Å²) in [6, 6.07) is 10.5. The predicted molar refractivity (Wildman–Crippen MR) is 52.8 cm³/mol. The smallest absolute Gasteiger partial charge is 0.0132 e. The average molecular weight is 156 g/mol. The van der Waals surface area contributed by atoms with Crippen molar-refractivity contribution in [3.05, 3.63) is 53.6 Å². The topological polar surface area (TPSA) is 0 Å². The number of allylic oxidation sites excluding steroid dienone is 3. The van der Waals surface area contributed by atoms with Crippen molar-refractivity contribution in [3.8, 4) is 0 Å². The third-order valence-electron chi connectivity index (χ3n) is 2.10. The Morgan fingerprint density at radius 1 is 0.917 bits per heavy atom. The third-order valence-corrected chi connectivity index (χ3v) is 2.10. The van der Waals surface area contributed by atoms with Gasteiger partial charge in [-0.15, -0.1) is 0 Å². The Balaban J connectivity index is 2.17. The summed E-state index contributed by atoms with van der Waals surface area (Å²) in [5.41, 5.74) is 2.83. The van der Waals surface area contributed by atoms with E-state index < -0.39 is 0 Å². The highest BCUT2D eigenvalue weighted by molar-refractivity contribution is 5.54. The maximum atomic E-state index is 2.28. The quantitative estimate of drug-likeness (QED) is 0.546. The molecule has 0 aromatic heterocycles. The van der Waals surface area contributed by atoms with Gasteiger partial charge in [-0.3, -0.25) is 0 Å². The molecular weight excluding hydrogens is 144 g/mol. The fraction of sp³-hybridized carbons (Fsp3) is 0.167. The molecule has 1 aromatic carbocycles. The number of hydrogen-bond donors (Lipinski definition) is 0. The molecule has 0 N–H and O–H groups in total. The highest BCUT2D eigenvalue weighted by Gasteiger charge is 1.98. The van der Waals surface area contributed by atoms with Crippen LogP contribution in [0.1, 0.15) is 18.4 Å². The van der Waals surface area contributed by atoms with Crippen LogP contribution in [0.2, 0.25) is 0 Å². The van der Waals surface area contributed by atoms with Crippen LogP contribution in [0.25, 0.3) is 6.08 Å². The zero-order valence-corrected chi connectivity index (χ0v) is 7.03. The van der Waals surface area contributed by atoms with E-state index in [1.165, 1.54) is 11.1 Å². The molecule has 0 spiro atoms. The van der Waals surface area contributed by atoms with Gasteiger partial charge in [0.15, 0.2) is 0 Å². The van der Waals surface area contributed by atoms with Crippen molar-refractivity contribution in [3.63, 3.8) is 0 Å². The van der Waals surface area contributed by atoms with Crippen LogP contribution in [0.4, 0.5) is 0 Å². The summed E-state index contributed by atoms with van der Waals surface area (Å²) in [6.45, 7) is 0. The minimum Gasteiger partial charge on any atom is -0.0841 e. The molecule has 0 atom stereocenters. The van der Waals surface area contributed by atoms with Gasteiger partial charge in [0, 0.05) is 0 Å². The summed E-state index contributed by atoms with van der Waals surface area (Å²) in [6.07, 6.45) is 9.01. The Morgan fingerprint density at radius 3 is 2.25 bits per heavy atom. The maximum absolute atomic E-state index is 2.28. The van der Waals surface area contributed by atoms with Crippen molar-refractivity contribution < 1.29 is 0 Å². The van der Waals surface area contributed by atoms with E-state index in [9.17, 15) is 0 Å². The number of benzene rings is 1. The van der Waals surface area contributed by atoms with Crippen molar-refractivity contribution in [1.29, 1.82) is 0 Å². The SMILES string of the molecule is C1=CCC(=Cc2ccccc2)C1. The molecule has 0 bridgehead atoms. The van der Waals surface area contributed by atoms with Crippen LogP contribution in [0.5, 0.6) is 0 Å². The second-order valence-electron chi connectivity index (χ2n) is 3.09. The zero-order valence-electron chi connectivity index (χ0n) is 7.03. The Hall–Kier alpha value is -1.30. The van der Waals surface area contributed by atoms with Gasteiger partial charge in [0.25, 0.3) is 0 Å². The standard InChI is InChI=1S/C12H12/c1-2-6-11(7-3-1)10-12-8-4-5-9-12/h1-7,10H,8-9H2. The lowest BCUT2D eigenvalue weighted by Gasteiger charge is -1.95. The molecular formula is C12H12. The van der Waals surface area contributed by atoms with Crippen molar-refractivity contribution >= 4 is 6.08 Å². The molecule has 0 aliphatic heterocycles. The molecule has 60 valence electrons. The Bertz CT molecular complexity index is 294. The van der Waals surface area contributed by atoms with Gasteiger partial charge in [-0.25, -0.2) is 0 Å². The highest BCUT2D eigenvalue weighted by atomic mass is 14.0. The molecule has 1 aliphatic rings. The predicted octanol–water partition coefficient (Wildman–Crippen LogP) is 3.42. The molecule has 0 heteroatoms. The van der Waals surface area contributed by atoms with Crippen molar-refractivity contribution in [2.24, 2.45) is 0 Å². The lowest BCUT2D eigenvalue weighted by Crippen LogP contribution is -1.74. The second kappa shape index (κ2) is 3.40. The molecule has 0 saturated carbocycles. The van der Waals surface area contributed by atoms with Crippen LogP contribution in [-0.4, -0.2) is 0 Å². The molecule has 1 aromatic rings. The van der Waals surface area contributed by atoms with E-state index in [2.05, 4.69) is 48.6 Å². The molecule has 0 radical (unpaired) electrons. The van der Waals surface area contributed by atoms with Crippen LogP contribution < -0.4 is 0 Å². The first-order chi connectivity index (χ1) is 5.95. The first kappa shape index (κ1) is 7.35.